The zero-order valence-electron chi connectivity index (χ0n) is 20.3. The van der Waals surface area contributed by atoms with Crippen molar-refractivity contribution in [3.8, 4) is 23.1 Å². The molecule has 10 nitrogen and oxygen atoms in total. The zero-order chi connectivity index (χ0) is 26.5. The van der Waals surface area contributed by atoms with Crippen LogP contribution in [0.4, 0.5) is 0 Å². The van der Waals surface area contributed by atoms with Crippen LogP contribution < -0.4 is 11.1 Å². The first-order chi connectivity index (χ1) is 18.5. The number of carbonyl (C=O) groups is 2. The van der Waals surface area contributed by atoms with Crippen molar-refractivity contribution in [2.24, 2.45) is 5.73 Å². The minimum atomic E-state index is -1.80. The summed E-state index contributed by atoms with van der Waals surface area (Å²) in [6, 6.07) is 22.6. The van der Waals surface area contributed by atoms with Crippen molar-refractivity contribution >= 4 is 11.8 Å². The van der Waals surface area contributed by atoms with Gasteiger partial charge in [0.25, 0.3) is 17.6 Å². The fourth-order valence-electron chi connectivity index (χ4n) is 4.38. The van der Waals surface area contributed by atoms with E-state index in [-0.39, 0.29) is 25.2 Å². The summed E-state index contributed by atoms with van der Waals surface area (Å²) in [7, 11) is 0. The Morgan fingerprint density at radius 2 is 1.79 bits per heavy atom. The second-order valence-corrected chi connectivity index (χ2v) is 8.65. The van der Waals surface area contributed by atoms with Gasteiger partial charge in [-0.05, 0) is 42.3 Å². The number of amides is 2. The van der Waals surface area contributed by atoms with E-state index in [0.29, 0.717) is 17.1 Å². The Kier molecular flexibility index (Phi) is 6.95. The molecule has 3 heterocycles. The molecule has 0 bridgehead atoms. The predicted octanol–water partition coefficient (Wildman–Crippen LogP) is 2.38. The third-order valence-electron chi connectivity index (χ3n) is 6.25. The number of benzene rings is 2. The highest BCUT2D eigenvalue weighted by atomic mass is 16.7. The van der Waals surface area contributed by atoms with Crippen LogP contribution in [-0.4, -0.2) is 51.6 Å². The molecular formula is C28H24N6O4. The summed E-state index contributed by atoms with van der Waals surface area (Å²) in [5.41, 5.74) is 8.82. The van der Waals surface area contributed by atoms with E-state index >= 15 is 0 Å². The minimum Gasteiger partial charge on any atom is -0.365 e. The normalized spacial score (nSPS) is 14.9. The molecule has 3 N–H and O–H groups in total. The molecule has 0 spiro atoms. The standard InChI is InChI=1S/C28H24N6O4/c29-18-20-8-10-21(11-9-20)23-12-14-34(33-23)25-22(7-4-13-31-25)26(35)32-24(17-19-5-2-1-3-6-19)28(27(30)36)37-15-16-38-28/h1-14,24H,15-17H2,(H2,30,36)(H,32,35). The van der Waals surface area contributed by atoms with Crippen molar-refractivity contribution in [3.63, 3.8) is 0 Å². The molecule has 5 rings (SSSR count). The molecule has 2 amide bonds. The summed E-state index contributed by atoms with van der Waals surface area (Å²) in [4.78, 5) is 30.5. The van der Waals surface area contributed by atoms with Crippen LogP contribution in [0.2, 0.25) is 0 Å². The third-order valence-corrected chi connectivity index (χ3v) is 6.25. The lowest BCUT2D eigenvalue weighted by Gasteiger charge is -2.33. The Bertz CT molecular complexity index is 1490. The van der Waals surface area contributed by atoms with Crippen LogP contribution in [0.15, 0.2) is 85.2 Å². The van der Waals surface area contributed by atoms with Gasteiger partial charge in [0.15, 0.2) is 5.82 Å². The van der Waals surface area contributed by atoms with Gasteiger partial charge in [-0.1, -0.05) is 42.5 Å². The molecule has 4 aromatic rings. The maximum Gasteiger partial charge on any atom is 0.280 e. The van der Waals surface area contributed by atoms with E-state index < -0.39 is 23.6 Å². The van der Waals surface area contributed by atoms with E-state index in [4.69, 9.17) is 20.5 Å². The molecule has 1 unspecified atom stereocenters. The number of hydrogen-bond donors (Lipinski definition) is 2. The monoisotopic (exact) mass is 508 g/mol. The molecule has 0 radical (unpaired) electrons. The van der Waals surface area contributed by atoms with Crippen molar-refractivity contribution in [2.75, 3.05) is 13.2 Å². The van der Waals surface area contributed by atoms with Crippen LogP contribution in [0.5, 0.6) is 0 Å². The van der Waals surface area contributed by atoms with Crippen molar-refractivity contribution in [1.82, 2.24) is 20.1 Å². The van der Waals surface area contributed by atoms with Crippen LogP contribution in [-0.2, 0) is 20.7 Å². The third kappa shape index (κ3) is 4.88. The Balaban J connectivity index is 1.45. The lowest BCUT2D eigenvalue weighted by Crippen LogP contribution is -2.61. The quantitative estimate of drug-likeness (QED) is 0.372. The summed E-state index contributed by atoms with van der Waals surface area (Å²) in [6.07, 6.45) is 3.50. The van der Waals surface area contributed by atoms with Gasteiger partial charge in [0.2, 0.25) is 0 Å². The Hall–Kier alpha value is -4.85. The molecule has 1 saturated heterocycles. The van der Waals surface area contributed by atoms with E-state index in [9.17, 15) is 9.59 Å². The number of nitrogens with two attached hydrogens (primary N) is 1. The molecule has 0 saturated carbocycles. The number of pyridine rings is 1. The van der Waals surface area contributed by atoms with Gasteiger partial charge in [0.05, 0.1) is 42.1 Å². The molecule has 2 aromatic carbocycles. The molecule has 38 heavy (non-hydrogen) atoms. The summed E-state index contributed by atoms with van der Waals surface area (Å²) in [5, 5.41) is 16.5. The highest BCUT2D eigenvalue weighted by molar-refractivity contribution is 5.98. The van der Waals surface area contributed by atoms with Gasteiger partial charge in [0.1, 0.15) is 0 Å². The number of nitrogens with one attached hydrogen (secondary N) is 1. The minimum absolute atomic E-state index is 0.174. The number of nitriles is 1. The number of primary amides is 1. The summed E-state index contributed by atoms with van der Waals surface area (Å²) in [6.45, 7) is 0.349. The van der Waals surface area contributed by atoms with Gasteiger partial charge in [-0.25, -0.2) is 9.67 Å². The van der Waals surface area contributed by atoms with E-state index in [1.807, 2.05) is 30.3 Å². The van der Waals surface area contributed by atoms with E-state index in [1.165, 1.54) is 4.68 Å². The number of nitrogens with zero attached hydrogens (tertiary/aromatic N) is 4. The first kappa shape index (κ1) is 24.8. The zero-order valence-corrected chi connectivity index (χ0v) is 20.3. The van der Waals surface area contributed by atoms with Gasteiger partial charge in [-0.15, -0.1) is 0 Å². The van der Waals surface area contributed by atoms with Crippen LogP contribution >= 0.6 is 0 Å². The fraction of sp³-hybridized carbons (Fsp3) is 0.179. The van der Waals surface area contributed by atoms with Crippen LogP contribution in [0.25, 0.3) is 17.1 Å². The molecule has 0 aliphatic carbocycles. The van der Waals surface area contributed by atoms with Crippen molar-refractivity contribution < 1.29 is 19.1 Å². The predicted molar refractivity (Wildman–Crippen MR) is 137 cm³/mol. The molecule has 1 aliphatic heterocycles. The fourth-order valence-corrected chi connectivity index (χ4v) is 4.38. The average molecular weight is 509 g/mol. The summed E-state index contributed by atoms with van der Waals surface area (Å²) in [5.74, 6) is -2.82. The van der Waals surface area contributed by atoms with Crippen LogP contribution in [0.1, 0.15) is 21.5 Å². The lowest BCUT2D eigenvalue weighted by molar-refractivity contribution is -0.189. The number of carbonyl (C=O) groups excluding carboxylic acids is 2. The molecule has 2 aromatic heterocycles. The highest BCUT2D eigenvalue weighted by Crippen LogP contribution is 2.27. The molecular weight excluding hydrogens is 484 g/mol. The van der Waals surface area contributed by atoms with E-state index in [2.05, 4.69) is 21.5 Å². The first-order valence-corrected chi connectivity index (χ1v) is 11.9. The number of hydrogen-bond acceptors (Lipinski definition) is 7. The maximum atomic E-state index is 13.6. The van der Waals surface area contributed by atoms with Gasteiger partial charge in [0, 0.05) is 18.0 Å². The molecule has 1 aliphatic rings. The Morgan fingerprint density at radius 1 is 1.05 bits per heavy atom. The van der Waals surface area contributed by atoms with Crippen molar-refractivity contribution in [3.05, 3.63) is 102 Å². The highest BCUT2D eigenvalue weighted by Gasteiger charge is 2.51. The second-order valence-electron chi connectivity index (χ2n) is 8.65. The largest absolute Gasteiger partial charge is 0.365 e. The molecule has 1 atom stereocenters. The first-order valence-electron chi connectivity index (χ1n) is 11.9. The SMILES string of the molecule is N#Cc1ccc(-c2ccn(-c3ncccc3C(=O)NC(Cc3ccccc3)C3(C(N)=O)OCCO3)n2)cc1. The molecule has 10 heteroatoms. The van der Waals surface area contributed by atoms with Crippen molar-refractivity contribution in [1.29, 1.82) is 5.26 Å². The Labute approximate surface area is 218 Å². The maximum absolute atomic E-state index is 13.6. The van der Waals surface area contributed by atoms with Gasteiger partial charge in [-0.2, -0.15) is 10.4 Å². The second kappa shape index (κ2) is 10.6. The van der Waals surface area contributed by atoms with Gasteiger partial charge < -0.3 is 20.5 Å². The van der Waals surface area contributed by atoms with Gasteiger partial charge >= 0.3 is 0 Å². The van der Waals surface area contributed by atoms with Crippen LogP contribution in [0, 0.1) is 11.3 Å². The van der Waals surface area contributed by atoms with E-state index in [1.54, 1.807) is 54.9 Å². The van der Waals surface area contributed by atoms with Gasteiger partial charge in [-0.3, -0.25) is 9.59 Å². The average Bonchev–Trinajstić information content (AvgIpc) is 3.65. The lowest BCUT2D eigenvalue weighted by atomic mass is 9.97. The van der Waals surface area contributed by atoms with E-state index in [0.717, 1.165) is 11.1 Å². The number of aromatic nitrogens is 3. The summed E-state index contributed by atoms with van der Waals surface area (Å²) < 4.78 is 12.9. The number of rotatable bonds is 8. The number of ether oxygens (including phenoxy) is 2. The van der Waals surface area contributed by atoms with Crippen molar-refractivity contribution in [2.45, 2.75) is 18.2 Å². The Morgan fingerprint density at radius 3 is 2.47 bits per heavy atom. The smallest absolute Gasteiger partial charge is 0.280 e. The van der Waals surface area contributed by atoms with Crippen LogP contribution in [0.3, 0.4) is 0 Å². The molecule has 1 fully saturated rings. The summed E-state index contributed by atoms with van der Waals surface area (Å²) >= 11 is 0. The topological polar surface area (TPSA) is 145 Å². The molecule has 190 valence electrons.